The van der Waals surface area contributed by atoms with E-state index in [9.17, 15) is 9.59 Å². The number of rotatable bonds is 6. The number of methoxy groups -OCH3 is 1. The van der Waals surface area contributed by atoms with Gasteiger partial charge in [0, 0.05) is 25.5 Å². The maximum atomic E-state index is 13.5. The Morgan fingerprint density at radius 2 is 1.52 bits per heavy atom. The Morgan fingerprint density at radius 3 is 2.06 bits per heavy atom. The molecule has 4 rings (SSSR count). The smallest absolute Gasteiger partial charge is 0.282 e. The minimum absolute atomic E-state index is 0.187. The third kappa shape index (κ3) is 4.14. The van der Waals surface area contributed by atoms with Gasteiger partial charge >= 0.3 is 0 Å². The van der Waals surface area contributed by atoms with Gasteiger partial charge in [-0.2, -0.15) is 5.26 Å². The maximum absolute atomic E-state index is 13.5. The number of benzene rings is 3. The number of ether oxygens (including phenoxy) is 1. The molecule has 7 nitrogen and oxygen atoms in total. The van der Waals surface area contributed by atoms with Crippen LogP contribution in [0.1, 0.15) is 11.1 Å². The molecule has 0 aromatic heterocycles. The number of imide groups is 1. The standard InChI is InChI=1S/C26H22N4O3/c1-29(2)20-12-8-19(9-13-20)28-24-23(18-6-14-22(33-3)15-7-18)25(31)30(26(24)32)21-10-4-17(16-27)5-11-21/h4-15,28H,1-3H3. The molecule has 0 atom stereocenters. The predicted octanol–water partition coefficient (Wildman–Crippen LogP) is 4.03. The molecule has 0 radical (unpaired) electrons. The van der Waals surface area contributed by atoms with E-state index in [4.69, 9.17) is 10.00 Å². The summed E-state index contributed by atoms with van der Waals surface area (Å²) >= 11 is 0. The van der Waals surface area contributed by atoms with Crippen LogP contribution in [0.4, 0.5) is 17.1 Å². The van der Waals surface area contributed by atoms with Crippen LogP contribution in [0.5, 0.6) is 5.75 Å². The quantitative estimate of drug-likeness (QED) is 0.585. The highest BCUT2D eigenvalue weighted by Gasteiger charge is 2.40. The number of amides is 2. The molecule has 3 aromatic rings. The average Bonchev–Trinajstić information content (AvgIpc) is 3.08. The van der Waals surface area contributed by atoms with Gasteiger partial charge in [-0.3, -0.25) is 9.59 Å². The number of nitrogens with one attached hydrogen (secondary N) is 1. The van der Waals surface area contributed by atoms with E-state index in [1.807, 2.05) is 49.3 Å². The van der Waals surface area contributed by atoms with Crippen LogP contribution in [0.25, 0.3) is 5.57 Å². The summed E-state index contributed by atoms with van der Waals surface area (Å²) in [7, 11) is 5.46. The van der Waals surface area contributed by atoms with Crippen molar-refractivity contribution in [3.63, 3.8) is 0 Å². The number of anilines is 3. The second kappa shape index (κ2) is 8.89. The Labute approximate surface area is 192 Å². The number of carbonyl (C=O) groups is 2. The van der Waals surface area contributed by atoms with Crippen molar-refractivity contribution in [1.82, 2.24) is 0 Å². The third-order valence-corrected chi connectivity index (χ3v) is 5.37. The van der Waals surface area contributed by atoms with E-state index in [1.54, 1.807) is 55.6 Å². The molecule has 3 aromatic carbocycles. The first-order valence-electron chi connectivity index (χ1n) is 10.2. The largest absolute Gasteiger partial charge is 0.497 e. The van der Waals surface area contributed by atoms with Gasteiger partial charge in [0.15, 0.2) is 0 Å². The predicted molar refractivity (Wildman–Crippen MR) is 128 cm³/mol. The molecule has 1 aliphatic rings. The molecule has 33 heavy (non-hydrogen) atoms. The van der Waals surface area contributed by atoms with Crippen LogP contribution >= 0.6 is 0 Å². The first-order valence-corrected chi connectivity index (χ1v) is 10.2. The Hall–Kier alpha value is -4.57. The van der Waals surface area contributed by atoms with Gasteiger partial charge in [0.2, 0.25) is 0 Å². The first-order chi connectivity index (χ1) is 15.9. The summed E-state index contributed by atoms with van der Waals surface area (Å²) < 4.78 is 5.22. The van der Waals surface area contributed by atoms with Crippen LogP contribution in [-0.4, -0.2) is 33.0 Å². The Balaban J connectivity index is 1.76. The highest BCUT2D eigenvalue weighted by molar-refractivity contribution is 6.46. The summed E-state index contributed by atoms with van der Waals surface area (Å²) in [6.07, 6.45) is 0. The van der Waals surface area contributed by atoms with Crippen LogP contribution in [-0.2, 0) is 9.59 Å². The van der Waals surface area contributed by atoms with Crippen molar-refractivity contribution in [3.05, 3.63) is 89.6 Å². The molecule has 164 valence electrons. The van der Waals surface area contributed by atoms with Crippen molar-refractivity contribution in [1.29, 1.82) is 5.26 Å². The second-order valence-corrected chi connectivity index (χ2v) is 7.65. The molecule has 1 aliphatic heterocycles. The molecule has 0 fully saturated rings. The summed E-state index contributed by atoms with van der Waals surface area (Å²) in [5, 5.41) is 12.2. The third-order valence-electron chi connectivity index (χ3n) is 5.37. The highest BCUT2D eigenvalue weighted by Crippen LogP contribution is 2.34. The summed E-state index contributed by atoms with van der Waals surface area (Å²) in [6, 6.07) is 22.9. The molecule has 0 saturated heterocycles. The molecule has 0 unspecified atom stereocenters. The van der Waals surface area contributed by atoms with Crippen molar-refractivity contribution in [2.24, 2.45) is 0 Å². The zero-order valence-electron chi connectivity index (χ0n) is 18.5. The van der Waals surface area contributed by atoms with Gasteiger partial charge in [-0.25, -0.2) is 4.90 Å². The molecular weight excluding hydrogens is 416 g/mol. The van der Waals surface area contributed by atoms with Gasteiger partial charge in [0.1, 0.15) is 11.4 Å². The zero-order chi connectivity index (χ0) is 23.5. The van der Waals surface area contributed by atoms with Crippen LogP contribution in [0.15, 0.2) is 78.5 Å². The van der Waals surface area contributed by atoms with E-state index in [1.165, 1.54) is 0 Å². The SMILES string of the molecule is COc1ccc(C2=C(Nc3ccc(N(C)C)cc3)C(=O)N(c3ccc(C#N)cc3)C2=O)cc1. The van der Waals surface area contributed by atoms with Crippen LogP contribution in [0.2, 0.25) is 0 Å². The molecule has 1 heterocycles. The Kier molecular flexibility index (Phi) is 5.83. The molecular formula is C26H22N4O3. The molecule has 2 amide bonds. The lowest BCUT2D eigenvalue weighted by atomic mass is 10.0. The summed E-state index contributed by atoms with van der Waals surface area (Å²) in [5.41, 5.74) is 3.59. The first kappa shape index (κ1) is 21.7. The van der Waals surface area contributed by atoms with Gasteiger partial charge in [-0.15, -0.1) is 0 Å². The average molecular weight is 438 g/mol. The summed E-state index contributed by atoms with van der Waals surface area (Å²) in [4.78, 5) is 30.0. The van der Waals surface area contributed by atoms with Crippen LogP contribution in [0.3, 0.4) is 0 Å². The fourth-order valence-electron chi connectivity index (χ4n) is 3.58. The van der Waals surface area contributed by atoms with Gasteiger partial charge in [0.05, 0.1) is 30.0 Å². The van der Waals surface area contributed by atoms with Gasteiger partial charge in [-0.1, -0.05) is 12.1 Å². The fraction of sp³-hybridized carbons (Fsp3) is 0.115. The van der Waals surface area contributed by atoms with Crippen LogP contribution < -0.4 is 19.9 Å². The van der Waals surface area contributed by atoms with E-state index < -0.39 is 11.8 Å². The highest BCUT2D eigenvalue weighted by atomic mass is 16.5. The van der Waals surface area contributed by atoms with Crippen molar-refractivity contribution in [3.8, 4) is 11.8 Å². The van der Waals surface area contributed by atoms with Crippen molar-refractivity contribution in [2.45, 2.75) is 0 Å². The number of hydrogen-bond acceptors (Lipinski definition) is 6. The molecule has 1 N–H and O–H groups in total. The lowest BCUT2D eigenvalue weighted by Gasteiger charge is -2.16. The van der Waals surface area contributed by atoms with E-state index in [0.717, 1.165) is 10.6 Å². The minimum atomic E-state index is -0.466. The molecule has 0 aliphatic carbocycles. The minimum Gasteiger partial charge on any atom is -0.497 e. The molecule has 7 heteroatoms. The Morgan fingerprint density at radius 1 is 0.879 bits per heavy atom. The molecule has 0 bridgehead atoms. The fourth-order valence-corrected chi connectivity index (χ4v) is 3.58. The second-order valence-electron chi connectivity index (χ2n) is 7.65. The zero-order valence-corrected chi connectivity index (χ0v) is 18.5. The van der Waals surface area contributed by atoms with E-state index in [2.05, 4.69) is 5.32 Å². The molecule has 0 saturated carbocycles. The van der Waals surface area contributed by atoms with Crippen molar-refractivity contribution in [2.75, 3.05) is 36.3 Å². The molecule has 0 spiro atoms. The topological polar surface area (TPSA) is 85.7 Å². The van der Waals surface area contributed by atoms with E-state index in [-0.39, 0.29) is 11.3 Å². The van der Waals surface area contributed by atoms with E-state index in [0.29, 0.717) is 28.3 Å². The normalized spacial score (nSPS) is 13.2. The van der Waals surface area contributed by atoms with Gasteiger partial charge in [0.25, 0.3) is 11.8 Å². The van der Waals surface area contributed by atoms with E-state index >= 15 is 0 Å². The lowest BCUT2D eigenvalue weighted by molar-refractivity contribution is -0.120. The summed E-state index contributed by atoms with van der Waals surface area (Å²) in [6.45, 7) is 0. The van der Waals surface area contributed by atoms with Gasteiger partial charge in [-0.05, 0) is 66.2 Å². The maximum Gasteiger partial charge on any atom is 0.282 e. The Bertz CT molecular complexity index is 1270. The van der Waals surface area contributed by atoms with Crippen molar-refractivity contribution >= 4 is 34.4 Å². The summed E-state index contributed by atoms with van der Waals surface area (Å²) in [5.74, 6) is -0.261. The van der Waals surface area contributed by atoms with Crippen molar-refractivity contribution < 1.29 is 14.3 Å². The van der Waals surface area contributed by atoms with Crippen LogP contribution in [0, 0.1) is 11.3 Å². The number of nitrogens with zero attached hydrogens (tertiary/aromatic N) is 3. The monoisotopic (exact) mass is 438 g/mol. The number of hydrogen-bond donors (Lipinski definition) is 1. The van der Waals surface area contributed by atoms with Gasteiger partial charge < -0.3 is 15.0 Å². The number of carbonyl (C=O) groups excluding carboxylic acids is 2. The lowest BCUT2D eigenvalue weighted by Crippen LogP contribution is -2.32. The number of nitriles is 1.